The van der Waals surface area contributed by atoms with Gasteiger partial charge in [-0.05, 0) is 44.2 Å². The fourth-order valence-corrected chi connectivity index (χ4v) is 1.71. The van der Waals surface area contributed by atoms with E-state index in [9.17, 15) is 0 Å². The lowest BCUT2D eigenvalue weighted by molar-refractivity contribution is 0.425. The normalized spacial score (nSPS) is 21.2. The summed E-state index contributed by atoms with van der Waals surface area (Å²) in [5.41, 5.74) is 8.31. The number of aryl methyl sites for hydroxylation is 1. The van der Waals surface area contributed by atoms with Crippen LogP contribution in [0.4, 0.5) is 0 Å². The van der Waals surface area contributed by atoms with Crippen molar-refractivity contribution in [1.29, 1.82) is 0 Å². The summed E-state index contributed by atoms with van der Waals surface area (Å²) in [4.78, 5) is 4.28. The maximum atomic E-state index is 6.25. The molecule has 2 nitrogen and oxygen atoms in total. The monoisotopic (exact) mass is 176 g/mol. The summed E-state index contributed by atoms with van der Waals surface area (Å²) in [7, 11) is 0. The van der Waals surface area contributed by atoms with Gasteiger partial charge >= 0.3 is 0 Å². The zero-order valence-electron chi connectivity index (χ0n) is 8.25. The van der Waals surface area contributed by atoms with Crippen molar-refractivity contribution in [1.82, 2.24) is 4.98 Å². The van der Waals surface area contributed by atoms with Crippen molar-refractivity contribution in [3.05, 3.63) is 29.6 Å². The summed E-state index contributed by atoms with van der Waals surface area (Å²) in [6.45, 7) is 4.10. The van der Waals surface area contributed by atoms with Crippen molar-refractivity contribution in [2.75, 3.05) is 0 Å². The van der Waals surface area contributed by atoms with E-state index in [0.29, 0.717) is 5.92 Å². The average Bonchev–Trinajstić information content (AvgIpc) is 2.87. The number of nitrogens with zero attached hydrogens (tertiary/aromatic N) is 1. The minimum Gasteiger partial charge on any atom is -0.321 e. The van der Waals surface area contributed by atoms with Gasteiger partial charge in [0.2, 0.25) is 0 Å². The van der Waals surface area contributed by atoms with Crippen LogP contribution in [0.2, 0.25) is 0 Å². The topological polar surface area (TPSA) is 38.9 Å². The second kappa shape index (κ2) is 2.81. The van der Waals surface area contributed by atoms with Crippen LogP contribution in [-0.4, -0.2) is 4.98 Å². The van der Waals surface area contributed by atoms with Crippen LogP contribution < -0.4 is 5.73 Å². The maximum Gasteiger partial charge on any atom is 0.0424 e. The van der Waals surface area contributed by atoms with E-state index in [1.807, 2.05) is 19.2 Å². The van der Waals surface area contributed by atoms with Crippen molar-refractivity contribution in [3.63, 3.8) is 0 Å². The number of pyridine rings is 1. The van der Waals surface area contributed by atoms with Crippen molar-refractivity contribution in [2.45, 2.75) is 32.2 Å². The van der Waals surface area contributed by atoms with Crippen LogP contribution in [0.5, 0.6) is 0 Å². The first-order valence-corrected chi connectivity index (χ1v) is 4.83. The Morgan fingerprint density at radius 2 is 2.15 bits per heavy atom. The molecule has 1 heterocycles. The Bertz CT molecular complexity index is 296. The third-order valence-corrected chi connectivity index (χ3v) is 2.96. The lowest BCUT2D eigenvalue weighted by atomic mass is 9.89. The Balaban J connectivity index is 2.28. The number of hydrogen-bond donors (Lipinski definition) is 1. The van der Waals surface area contributed by atoms with Crippen LogP contribution in [0.15, 0.2) is 18.3 Å². The molecule has 2 N–H and O–H groups in total. The highest BCUT2D eigenvalue weighted by Gasteiger charge is 2.39. The summed E-state index contributed by atoms with van der Waals surface area (Å²) in [5.74, 6) is 0.664. The first-order valence-electron chi connectivity index (χ1n) is 4.83. The lowest BCUT2D eigenvalue weighted by Crippen LogP contribution is -2.35. The fourth-order valence-electron chi connectivity index (χ4n) is 1.71. The van der Waals surface area contributed by atoms with Gasteiger partial charge < -0.3 is 5.73 Å². The van der Waals surface area contributed by atoms with Crippen molar-refractivity contribution in [2.24, 2.45) is 11.7 Å². The Morgan fingerprint density at radius 1 is 1.46 bits per heavy atom. The van der Waals surface area contributed by atoms with Gasteiger partial charge in [0.25, 0.3) is 0 Å². The highest BCUT2D eigenvalue weighted by atomic mass is 14.8. The second-order valence-electron chi connectivity index (χ2n) is 4.25. The summed E-state index contributed by atoms with van der Waals surface area (Å²) >= 11 is 0. The van der Waals surface area contributed by atoms with E-state index in [-0.39, 0.29) is 5.54 Å². The average molecular weight is 176 g/mol. The molecule has 1 aromatic rings. The van der Waals surface area contributed by atoms with Gasteiger partial charge in [0, 0.05) is 17.4 Å². The molecule has 0 spiro atoms. The third-order valence-electron chi connectivity index (χ3n) is 2.96. The molecular weight excluding hydrogens is 160 g/mol. The van der Waals surface area contributed by atoms with E-state index >= 15 is 0 Å². The number of aromatic nitrogens is 1. The Morgan fingerprint density at radius 3 is 2.62 bits per heavy atom. The molecule has 0 bridgehead atoms. The van der Waals surface area contributed by atoms with Gasteiger partial charge in [0.05, 0.1) is 0 Å². The Kier molecular flexibility index (Phi) is 1.88. The van der Waals surface area contributed by atoms with Gasteiger partial charge in [0.15, 0.2) is 0 Å². The van der Waals surface area contributed by atoms with Crippen LogP contribution in [0.1, 0.15) is 31.0 Å². The third kappa shape index (κ3) is 1.59. The standard InChI is InChI=1S/C11H16N2/c1-8-3-4-10(7-13-8)11(2,12)9-5-6-9/h3-4,7,9H,5-6,12H2,1-2H3. The van der Waals surface area contributed by atoms with Crippen molar-refractivity contribution in [3.8, 4) is 0 Å². The quantitative estimate of drug-likeness (QED) is 0.748. The number of nitrogens with two attached hydrogens (primary N) is 1. The SMILES string of the molecule is Cc1ccc(C(C)(N)C2CC2)cn1. The molecule has 0 radical (unpaired) electrons. The van der Waals surface area contributed by atoms with Crippen molar-refractivity contribution >= 4 is 0 Å². The Labute approximate surface area is 79.2 Å². The Hall–Kier alpha value is -0.890. The summed E-state index contributed by atoms with van der Waals surface area (Å²) in [5, 5.41) is 0. The van der Waals surface area contributed by atoms with Gasteiger partial charge in [-0.1, -0.05) is 6.07 Å². The highest BCUT2D eigenvalue weighted by molar-refractivity contribution is 5.24. The van der Waals surface area contributed by atoms with E-state index in [4.69, 9.17) is 5.73 Å². The number of rotatable bonds is 2. The van der Waals surface area contributed by atoms with E-state index < -0.39 is 0 Å². The lowest BCUT2D eigenvalue weighted by Gasteiger charge is -2.24. The first-order chi connectivity index (χ1) is 6.10. The van der Waals surface area contributed by atoms with Crippen LogP contribution in [-0.2, 0) is 5.54 Å². The summed E-state index contributed by atoms with van der Waals surface area (Å²) in [6.07, 6.45) is 4.44. The van der Waals surface area contributed by atoms with Crippen LogP contribution in [0.3, 0.4) is 0 Å². The summed E-state index contributed by atoms with van der Waals surface area (Å²) in [6, 6.07) is 4.13. The predicted molar refractivity (Wildman–Crippen MR) is 53.2 cm³/mol. The highest BCUT2D eigenvalue weighted by Crippen LogP contribution is 2.43. The molecule has 0 saturated heterocycles. The zero-order valence-corrected chi connectivity index (χ0v) is 8.25. The molecule has 1 aliphatic rings. The number of hydrogen-bond acceptors (Lipinski definition) is 2. The molecule has 1 aromatic heterocycles. The molecule has 2 heteroatoms. The van der Waals surface area contributed by atoms with E-state index in [0.717, 1.165) is 5.69 Å². The van der Waals surface area contributed by atoms with Gasteiger partial charge in [-0.25, -0.2) is 0 Å². The minimum atomic E-state index is -0.166. The van der Waals surface area contributed by atoms with Gasteiger partial charge in [-0.2, -0.15) is 0 Å². The fraction of sp³-hybridized carbons (Fsp3) is 0.545. The van der Waals surface area contributed by atoms with Gasteiger partial charge in [-0.15, -0.1) is 0 Å². The zero-order chi connectivity index (χ0) is 9.47. The molecule has 1 atom stereocenters. The van der Waals surface area contributed by atoms with Gasteiger partial charge in [0.1, 0.15) is 0 Å². The molecular formula is C11H16N2. The van der Waals surface area contributed by atoms with Gasteiger partial charge in [-0.3, -0.25) is 4.98 Å². The van der Waals surface area contributed by atoms with E-state index in [1.54, 1.807) is 0 Å². The molecule has 2 rings (SSSR count). The molecule has 0 amide bonds. The van der Waals surface area contributed by atoms with Crippen molar-refractivity contribution < 1.29 is 0 Å². The maximum absolute atomic E-state index is 6.25. The van der Waals surface area contributed by atoms with Crippen LogP contribution >= 0.6 is 0 Å². The predicted octanol–water partition coefficient (Wildman–Crippen LogP) is 1.97. The van der Waals surface area contributed by atoms with Crippen LogP contribution in [0.25, 0.3) is 0 Å². The van der Waals surface area contributed by atoms with Crippen LogP contribution in [0, 0.1) is 12.8 Å². The summed E-state index contributed by atoms with van der Waals surface area (Å²) < 4.78 is 0. The smallest absolute Gasteiger partial charge is 0.0424 e. The second-order valence-corrected chi connectivity index (χ2v) is 4.25. The van der Waals surface area contributed by atoms with E-state index in [2.05, 4.69) is 18.0 Å². The van der Waals surface area contributed by atoms with E-state index in [1.165, 1.54) is 18.4 Å². The molecule has 1 saturated carbocycles. The molecule has 1 aliphatic carbocycles. The minimum absolute atomic E-state index is 0.166. The molecule has 70 valence electrons. The molecule has 0 aliphatic heterocycles. The molecule has 13 heavy (non-hydrogen) atoms. The molecule has 0 aromatic carbocycles. The molecule has 1 unspecified atom stereocenters. The molecule has 1 fully saturated rings. The first kappa shape index (κ1) is 8.70. The largest absolute Gasteiger partial charge is 0.321 e.